The van der Waals surface area contributed by atoms with Crippen LogP contribution in [-0.2, 0) is 11.2 Å². The molecule has 0 aliphatic heterocycles. The maximum absolute atomic E-state index is 5.79. The zero-order valence-electron chi connectivity index (χ0n) is 11.3. The highest BCUT2D eigenvalue weighted by Crippen LogP contribution is 2.23. The van der Waals surface area contributed by atoms with Gasteiger partial charge in [-0.1, -0.05) is 52.0 Å². The van der Waals surface area contributed by atoms with Gasteiger partial charge in [0.05, 0.1) is 0 Å². The molecule has 1 unspecified atom stereocenters. The van der Waals surface area contributed by atoms with Crippen molar-refractivity contribution in [2.75, 3.05) is 11.6 Å². The third kappa shape index (κ3) is 5.35. The summed E-state index contributed by atoms with van der Waals surface area (Å²) in [5.74, 6) is 3.60. The average molecular weight is 271 g/mol. The number of rotatable bonds is 5. The maximum atomic E-state index is 5.79. The summed E-state index contributed by atoms with van der Waals surface area (Å²) in [5.41, 5.74) is 3.06. The van der Waals surface area contributed by atoms with Gasteiger partial charge in [0.25, 0.3) is 0 Å². The lowest BCUT2D eigenvalue weighted by atomic mass is 9.87. The zero-order valence-corrected chi connectivity index (χ0v) is 12.9. The molecule has 0 N–H and O–H groups in total. The minimum atomic E-state index is 0.249. The van der Waals surface area contributed by atoms with Gasteiger partial charge in [-0.3, -0.25) is 0 Å². The van der Waals surface area contributed by atoms with E-state index in [0.29, 0.717) is 5.92 Å². The highest BCUT2D eigenvalue weighted by Gasteiger charge is 2.12. The molecule has 1 rings (SSSR count). The number of hydrogen-bond donors (Lipinski definition) is 0. The molecule has 0 bridgehead atoms. The molecule has 0 spiro atoms. The van der Waals surface area contributed by atoms with Crippen LogP contribution in [0.4, 0.5) is 0 Å². The van der Waals surface area contributed by atoms with Crippen molar-refractivity contribution in [1.82, 2.24) is 0 Å². The Bertz CT molecular complexity index is 324. The van der Waals surface area contributed by atoms with Gasteiger partial charge in [0.1, 0.15) is 0 Å². The number of benzene rings is 1. The van der Waals surface area contributed by atoms with Crippen LogP contribution in [-0.4, -0.2) is 11.6 Å². The van der Waals surface area contributed by atoms with Gasteiger partial charge in [-0.05, 0) is 28.2 Å². The first kappa shape index (κ1) is 14.9. The Morgan fingerprint density at radius 2 is 1.76 bits per heavy atom. The van der Waals surface area contributed by atoms with Gasteiger partial charge in [0, 0.05) is 11.6 Å². The number of alkyl halides is 1. The van der Waals surface area contributed by atoms with Gasteiger partial charge in [0.2, 0.25) is 0 Å². The van der Waals surface area contributed by atoms with E-state index in [0.717, 1.165) is 17.4 Å². The van der Waals surface area contributed by atoms with Crippen molar-refractivity contribution in [3.05, 3.63) is 35.4 Å². The van der Waals surface area contributed by atoms with Gasteiger partial charge in [-0.25, -0.2) is 0 Å². The molecule has 0 fully saturated rings. The molecule has 0 aliphatic rings. The van der Waals surface area contributed by atoms with Crippen LogP contribution in [0.1, 0.15) is 38.8 Å². The number of thioether (sulfide) groups is 1. The monoisotopic (exact) mass is 270 g/mol. The maximum Gasteiger partial charge on any atom is 0.0257 e. The normalized spacial score (nSPS) is 13.7. The summed E-state index contributed by atoms with van der Waals surface area (Å²) in [4.78, 5) is 0. The first-order valence-electron chi connectivity index (χ1n) is 6.16. The first-order chi connectivity index (χ1) is 7.93. The Morgan fingerprint density at radius 1 is 1.18 bits per heavy atom. The lowest BCUT2D eigenvalue weighted by molar-refractivity contribution is 0.590. The second-order valence-electron chi connectivity index (χ2n) is 5.72. The van der Waals surface area contributed by atoms with E-state index >= 15 is 0 Å². The molecule has 96 valence electrons. The van der Waals surface area contributed by atoms with Crippen molar-refractivity contribution in [2.24, 2.45) is 5.92 Å². The smallest absolute Gasteiger partial charge is 0.0257 e. The minimum absolute atomic E-state index is 0.249. The summed E-state index contributed by atoms with van der Waals surface area (Å²) >= 11 is 7.76. The summed E-state index contributed by atoms with van der Waals surface area (Å²) < 4.78 is 0. The van der Waals surface area contributed by atoms with Crippen LogP contribution in [0, 0.1) is 5.92 Å². The minimum Gasteiger partial charge on any atom is -0.157 e. The highest BCUT2D eigenvalue weighted by molar-refractivity contribution is 7.98. The van der Waals surface area contributed by atoms with Crippen molar-refractivity contribution in [3.63, 3.8) is 0 Å². The Hall–Kier alpha value is -0.140. The molecule has 0 aliphatic carbocycles. The molecule has 1 atom stereocenters. The van der Waals surface area contributed by atoms with Crippen LogP contribution < -0.4 is 0 Å². The molecule has 2 heteroatoms. The van der Waals surface area contributed by atoms with E-state index in [4.69, 9.17) is 11.6 Å². The molecule has 0 saturated carbocycles. The molecular weight excluding hydrogens is 248 g/mol. The van der Waals surface area contributed by atoms with Crippen LogP contribution in [0.3, 0.4) is 0 Å². The fourth-order valence-electron chi connectivity index (χ4n) is 1.52. The molecule has 17 heavy (non-hydrogen) atoms. The average Bonchev–Trinajstić information content (AvgIpc) is 2.28. The quantitative estimate of drug-likeness (QED) is 0.672. The summed E-state index contributed by atoms with van der Waals surface area (Å²) in [7, 11) is 0. The highest BCUT2D eigenvalue weighted by atomic mass is 35.5. The Kier molecular flexibility index (Phi) is 5.88. The largest absolute Gasteiger partial charge is 0.157 e. The SMILES string of the molecule is CC(CCl)CSCc1ccc(C(C)(C)C)cc1. The number of hydrogen-bond acceptors (Lipinski definition) is 1. The van der Waals surface area contributed by atoms with Crippen molar-refractivity contribution in [2.45, 2.75) is 38.9 Å². The summed E-state index contributed by atoms with van der Waals surface area (Å²) in [6.07, 6.45) is 0. The van der Waals surface area contributed by atoms with Gasteiger partial charge in [-0.2, -0.15) is 11.8 Å². The van der Waals surface area contributed by atoms with Crippen LogP contribution in [0.5, 0.6) is 0 Å². The van der Waals surface area contributed by atoms with Crippen LogP contribution >= 0.6 is 23.4 Å². The standard InChI is InChI=1S/C15H23ClS/c1-12(9-16)10-17-11-13-5-7-14(8-6-13)15(2,3)4/h5-8,12H,9-11H2,1-4H3. The topological polar surface area (TPSA) is 0 Å². The molecule has 0 radical (unpaired) electrons. The molecule has 1 aromatic carbocycles. The molecule has 0 saturated heterocycles. The lowest BCUT2D eigenvalue weighted by Gasteiger charge is -2.19. The van der Waals surface area contributed by atoms with Crippen molar-refractivity contribution < 1.29 is 0 Å². The molecular formula is C15H23ClS. The van der Waals surface area contributed by atoms with Crippen LogP contribution in [0.2, 0.25) is 0 Å². The second-order valence-corrected chi connectivity index (χ2v) is 7.06. The van der Waals surface area contributed by atoms with E-state index in [1.807, 2.05) is 11.8 Å². The third-order valence-corrected chi connectivity index (χ3v) is 4.62. The van der Waals surface area contributed by atoms with Gasteiger partial charge < -0.3 is 0 Å². The Balaban J connectivity index is 2.46. The van der Waals surface area contributed by atoms with E-state index in [1.54, 1.807) is 0 Å². The van der Waals surface area contributed by atoms with Gasteiger partial charge in [-0.15, -0.1) is 11.6 Å². The predicted octanol–water partition coefficient (Wildman–Crippen LogP) is 5.09. The Labute approximate surface area is 115 Å². The molecule has 1 aromatic rings. The molecule has 0 amide bonds. The van der Waals surface area contributed by atoms with Crippen molar-refractivity contribution >= 4 is 23.4 Å². The fraction of sp³-hybridized carbons (Fsp3) is 0.600. The molecule has 0 aromatic heterocycles. The van der Waals surface area contributed by atoms with E-state index in [-0.39, 0.29) is 5.41 Å². The van der Waals surface area contributed by atoms with Gasteiger partial charge in [0.15, 0.2) is 0 Å². The molecule has 0 nitrogen and oxygen atoms in total. The zero-order chi connectivity index (χ0) is 12.9. The van der Waals surface area contributed by atoms with Crippen LogP contribution in [0.25, 0.3) is 0 Å². The number of halogens is 1. The predicted molar refractivity (Wildman–Crippen MR) is 81.2 cm³/mol. The first-order valence-corrected chi connectivity index (χ1v) is 7.85. The summed E-state index contributed by atoms with van der Waals surface area (Å²) in [6.45, 7) is 8.94. The molecule has 0 heterocycles. The van der Waals surface area contributed by atoms with Crippen LogP contribution in [0.15, 0.2) is 24.3 Å². The van der Waals surface area contributed by atoms with E-state index < -0.39 is 0 Å². The summed E-state index contributed by atoms with van der Waals surface area (Å²) in [6, 6.07) is 9.00. The van der Waals surface area contributed by atoms with Crippen molar-refractivity contribution in [3.8, 4) is 0 Å². The fourth-order valence-corrected chi connectivity index (χ4v) is 2.83. The van der Waals surface area contributed by atoms with E-state index in [1.165, 1.54) is 11.1 Å². The van der Waals surface area contributed by atoms with E-state index in [9.17, 15) is 0 Å². The summed E-state index contributed by atoms with van der Waals surface area (Å²) in [5, 5.41) is 0. The van der Waals surface area contributed by atoms with Crippen molar-refractivity contribution in [1.29, 1.82) is 0 Å². The Morgan fingerprint density at radius 3 is 2.24 bits per heavy atom. The van der Waals surface area contributed by atoms with E-state index in [2.05, 4.69) is 52.0 Å². The van der Waals surface area contributed by atoms with Gasteiger partial charge >= 0.3 is 0 Å². The second kappa shape index (κ2) is 6.70. The lowest BCUT2D eigenvalue weighted by Crippen LogP contribution is -2.10. The third-order valence-electron chi connectivity index (χ3n) is 2.75.